The van der Waals surface area contributed by atoms with E-state index in [1.807, 2.05) is 0 Å². The van der Waals surface area contributed by atoms with E-state index in [9.17, 15) is 0 Å². The average molecular weight is 169 g/mol. The van der Waals surface area contributed by atoms with Crippen molar-refractivity contribution in [3.63, 3.8) is 0 Å². The predicted molar refractivity (Wildman–Crippen MR) is 33.6 cm³/mol. The van der Waals surface area contributed by atoms with Crippen LogP contribution in [0.5, 0.6) is 0 Å². The highest BCUT2D eigenvalue weighted by Gasteiger charge is 2.41. The summed E-state index contributed by atoms with van der Waals surface area (Å²) >= 11 is 5.53. The molecule has 4 atom stereocenters. The second kappa shape index (κ2) is 3.02. The quantitative estimate of drug-likeness (QED) is 0.424. The molecule has 1 aliphatic rings. The molecule has 0 radical (unpaired) electrons. The van der Waals surface area contributed by atoms with Crippen molar-refractivity contribution >= 4 is 11.6 Å². The van der Waals surface area contributed by atoms with Crippen molar-refractivity contribution in [1.82, 2.24) is 0 Å². The highest BCUT2D eigenvalue weighted by atomic mass is 35.5. The molecule has 3 N–H and O–H groups in total. The summed E-state index contributed by atoms with van der Waals surface area (Å²) in [4.78, 5) is 0. The molecule has 1 fully saturated rings. The summed E-state index contributed by atoms with van der Waals surface area (Å²) in [6.45, 7) is -0.289. The van der Waals surface area contributed by atoms with E-state index in [1.54, 1.807) is 0 Å². The van der Waals surface area contributed by atoms with Gasteiger partial charge in [0.25, 0.3) is 0 Å². The van der Waals surface area contributed by atoms with E-state index in [0.717, 1.165) is 0 Å². The fourth-order valence-corrected chi connectivity index (χ4v) is 1.12. The highest BCUT2D eigenvalue weighted by molar-refractivity contribution is 6.21. The number of aliphatic hydroxyl groups is 3. The van der Waals surface area contributed by atoms with Gasteiger partial charge < -0.3 is 20.1 Å². The summed E-state index contributed by atoms with van der Waals surface area (Å²) in [7, 11) is 0. The van der Waals surface area contributed by atoms with Gasteiger partial charge in [-0.3, -0.25) is 0 Å². The standard InChI is InChI=1S/C5H9ClO4/c6-3-2(1-7)10-5(9)4(3)8/h2-5,7-9H,1H2/t2-,3-,4+,5?/m1/s1. The van der Waals surface area contributed by atoms with Crippen molar-refractivity contribution in [2.75, 3.05) is 6.61 Å². The van der Waals surface area contributed by atoms with Crippen LogP contribution in [-0.4, -0.2) is 45.8 Å². The number of rotatable bonds is 1. The van der Waals surface area contributed by atoms with Gasteiger partial charge in [0.15, 0.2) is 6.29 Å². The maximum atomic E-state index is 8.95. The zero-order valence-electron chi connectivity index (χ0n) is 5.14. The minimum Gasteiger partial charge on any atom is -0.394 e. The predicted octanol–water partition coefficient (Wildman–Crippen LogP) is -1.34. The molecule has 0 aromatic rings. The van der Waals surface area contributed by atoms with Gasteiger partial charge in [0.05, 0.1) is 12.0 Å². The molecular weight excluding hydrogens is 160 g/mol. The second-order valence-electron chi connectivity index (χ2n) is 2.18. The maximum absolute atomic E-state index is 8.95. The van der Waals surface area contributed by atoms with Crippen LogP contribution in [-0.2, 0) is 4.74 Å². The highest BCUT2D eigenvalue weighted by Crippen LogP contribution is 2.23. The first-order chi connectivity index (χ1) is 4.66. The van der Waals surface area contributed by atoms with Crippen LogP contribution in [0.2, 0.25) is 0 Å². The van der Waals surface area contributed by atoms with E-state index in [1.165, 1.54) is 0 Å². The number of hydrogen-bond acceptors (Lipinski definition) is 4. The molecule has 0 spiro atoms. The summed E-state index contributed by atoms with van der Waals surface area (Å²) in [5, 5.41) is 25.6. The zero-order chi connectivity index (χ0) is 7.72. The Morgan fingerprint density at radius 3 is 2.20 bits per heavy atom. The lowest BCUT2D eigenvalue weighted by Gasteiger charge is -2.08. The molecule has 4 nitrogen and oxygen atoms in total. The van der Waals surface area contributed by atoms with Gasteiger partial charge in [0.1, 0.15) is 12.2 Å². The summed E-state index contributed by atoms with van der Waals surface area (Å²) < 4.78 is 4.66. The molecule has 0 saturated carbocycles. The van der Waals surface area contributed by atoms with Crippen LogP contribution in [0.15, 0.2) is 0 Å². The van der Waals surface area contributed by atoms with Gasteiger partial charge in [-0.25, -0.2) is 0 Å². The van der Waals surface area contributed by atoms with Crippen LogP contribution in [0.3, 0.4) is 0 Å². The number of hydrogen-bond donors (Lipinski definition) is 3. The molecule has 0 aromatic carbocycles. The summed E-state index contributed by atoms with van der Waals surface area (Å²) in [5.74, 6) is 0. The molecule has 5 heteroatoms. The van der Waals surface area contributed by atoms with Crippen LogP contribution in [0.4, 0.5) is 0 Å². The molecule has 1 aliphatic heterocycles. The van der Waals surface area contributed by atoms with Gasteiger partial charge in [0.2, 0.25) is 0 Å². The Bertz CT molecular complexity index is 120. The fraction of sp³-hybridized carbons (Fsp3) is 1.00. The Hall–Kier alpha value is 0.130. The minimum absolute atomic E-state index is 0.289. The van der Waals surface area contributed by atoms with Crippen LogP contribution in [0.25, 0.3) is 0 Å². The molecule has 0 aliphatic carbocycles. The molecule has 1 saturated heterocycles. The van der Waals surface area contributed by atoms with E-state index < -0.39 is 23.9 Å². The van der Waals surface area contributed by atoms with Crippen molar-refractivity contribution < 1.29 is 20.1 Å². The Balaban J connectivity index is 2.53. The van der Waals surface area contributed by atoms with E-state index in [-0.39, 0.29) is 6.61 Å². The SMILES string of the molecule is OC[C@H]1OC(O)[C@@H](O)[C@@H]1Cl. The Kier molecular flexibility index (Phi) is 2.49. The van der Waals surface area contributed by atoms with E-state index in [2.05, 4.69) is 4.74 Å². The van der Waals surface area contributed by atoms with Gasteiger partial charge >= 0.3 is 0 Å². The van der Waals surface area contributed by atoms with Crippen molar-refractivity contribution in [3.8, 4) is 0 Å². The first kappa shape index (κ1) is 8.23. The fourth-order valence-electron chi connectivity index (χ4n) is 0.856. The molecule has 1 unspecified atom stereocenters. The summed E-state index contributed by atoms with van der Waals surface area (Å²) in [6, 6.07) is 0. The monoisotopic (exact) mass is 168 g/mol. The van der Waals surface area contributed by atoms with Gasteiger partial charge in [-0.2, -0.15) is 0 Å². The van der Waals surface area contributed by atoms with Gasteiger partial charge in [-0.15, -0.1) is 11.6 Å². The normalized spacial score (nSPS) is 48.0. The summed E-state index contributed by atoms with van der Waals surface area (Å²) in [6.07, 6.45) is -3.02. The topological polar surface area (TPSA) is 69.9 Å². The number of aliphatic hydroxyl groups excluding tert-OH is 3. The second-order valence-corrected chi connectivity index (χ2v) is 2.69. The molecule has 0 bridgehead atoms. The largest absolute Gasteiger partial charge is 0.394 e. The lowest BCUT2D eigenvalue weighted by molar-refractivity contribution is -0.132. The number of ether oxygens (including phenoxy) is 1. The average Bonchev–Trinajstić information content (AvgIpc) is 2.17. The first-order valence-electron chi connectivity index (χ1n) is 2.93. The van der Waals surface area contributed by atoms with Crippen molar-refractivity contribution in [1.29, 1.82) is 0 Å². The smallest absolute Gasteiger partial charge is 0.182 e. The van der Waals surface area contributed by atoms with Crippen LogP contribution in [0.1, 0.15) is 0 Å². The Labute approximate surface area is 63.0 Å². The third-order valence-electron chi connectivity index (χ3n) is 1.47. The van der Waals surface area contributed by atoms with E-state index in [0.29, 0.717) is 0 Å². The molecule has 60 valence electrons. The minimum atomic E-state index is -1.26. The molecule has 10 heavy (non-hydrogen) atoms. The van der Waals surface area contributed by atoms with Gasteiger partial charge in [-0.05, 0) is 0 Å². The third-order valence-corrected chi connectivity index (χ3v) is 2.01. The molecule has 0 aromatic heterocycles. The number of halogens is 1. The molecular formula is C5H9ClO4. The van der Waals surface area contributed by atoms with Crippen LogP contribution in [0, 0.1) is 0 Å². The zero-order valence-corrected chi connectivity index (χ0v) is 5.90. The number of alkyl halides is 1. The van der Waals surface area contributed by atoms with Crippen molar-refractivity contribution in [3.05, 3.63) is 0 Å². The lowest BCUT2D eigenvalue weighted by Crippen LogP contribution is -2.29. The summed E-state index contributed by atoms with van der Waals surface area (Å²) in [5.41, 5.74) is 0. The molecule has 0 amide bonds. The molecule has 1 heterocycles. The van der Waals surface area contributed by atoms with Crippen molar-refractivity contribution in [2.24, 2.45) is 0 Å². The molecule has 1 rings (SSSR count). The maximum Gasteiger partial charge on any atom is 0.182 e. The van der Waals surface area contributed by atoms with E-state index in [4.69, 9.17) is 26.9 Å². The van der Waals surface area contributed by atoms with Gasteiger partial charge in [0, 0.05) is 0 Å². The van der Waals surface area contributed by atoms with Crippen LogP contribution >= 0.6 is 11.6 Å². The Morgan fingerprint density at radius 2 is 2.00 bits per heavy atom. The van der Waals surface area contributed by atoms with Crippen molar-refractivity contribution in [2.45, 2.75) is 23.9 Å². The first-order valence-corrected chi connectivity index (χ1v) is 3.37. The lowest BCUT2D eigenvalue weighted by atomic mass is 10.2. The Morgan fingerprint density at radius 1 is 1.40 bits per heavy atom. The van der Waals surface area contributed by atoms with Gasteiger partial charge in [-0.1, -0.05) is 0 Å². The van der Waals surface area contributed by atoms with E-state index >= 15 is 0 Å². The van der Waals surface area contributed by atoms with Crippen LogP contribution < -0.4 is 0 Å². The third kappa shape index (κ3) is 1.26.